The third kappa shape index (κ3) is 1.14. The summed E-state index contributed by atoms with van der Waals surface area (Å²) < 4.78 is 0. The number of rotatable bonds is 1. The van der Waals surface area contributed by atoms with E-state index in [9.17, 15) is 9.59 Å². The Morgan fingerprint density at radius 1 is 1.16 bits per heavy atom. The maximum atomic E-state index is 12.8. The summed E-state index contributed by atoms with van der Waals surface area (Å²) in [6.45, 7) is 1.97. The molecule has 3 aliphatic rings. The largest absolute Gasteiger partial charge is 0.274 e. The fourth-order valence-electron chi connectivity index (χ4n) is 4.13. The van der Waals surface area contributed by atoms with Gasteiger partial charge in [-0.3, -0.25) is 9.59 Å². The number of hydrogen-bond acceptors (Lipinski definition) is 2. The Morgan fingerprint density at radius 2 is 1.89 bits per heavy atom. The number of imide groups is 1. The van der Waals surface area contributed by atoms with Gasteiger partial charge in [0.2, 0.25) is 11.8 Å². The summed E-state index contributed by atoms with van der Waals surface area (Å²) in [7, 11) is 0. The highest BCUT2D eigenvalue weighted by molar-refractivity contribution is 6.24. The first kappa shape index (κ1) is 11.0. The van der Waals surface area contributed by atoms with Crippen LogP contribution in [0.25, 0.3) is 0 Å². The van der Waals surface area contributed by atoms with Crippen molar-refractivity contribution in [3.8, 4) is 0 Å². The number of fused-ring (bicyclic) bond motifs is 5. The van der Waals surface area contributed by atoms with Crippen molar-refractivity contribution in [1.82, 2.24) is 0 Å². The normalized spacial score (nSPS) is 39.2. The summed E-state index contributed by atoms with van der Waals surface area (Å²) in [5.41, 5.74) is 0.180. The number of allylic oxidation sites excluding steroid dienone is 2. The van der Waals surface area contributed by atoms with E-state index in [1.54, 1.807) is 0 Å². The van der Waals surface area contributed by atoms with Crippen LogP contribution in [0.3, 0.4) is 0 Å². The van der Waals surface area contributed by atoms with E-state index in [1.165, 1.54) is 4.90 Å². The molecule has 0 radical (unpaired) electrons. The van der Waals surface area contributed by atoms with Crippen LogP contribution in [0.4, 0.5) is 5.69 Å². The predicted molar refractivity (Wildman–Crippen MR) is 71.3 cm³/mol. The molecule has 1 aliphatic heterocycles. The van der Waals surface area contributed by atoms with E-state index < -0.39 is 5.41 Å². The Hall–Kier alpha value is -1.90. The maximum absolute atomic E-state index is 12.8. The molecule has 1 aromatic carbocycles. The lowest BCUT2D eigenvalue weighted by Gasteiger charge is -2.28. The molecule has 0 spiro atoms. The second-order valence-corrected chi connectivity index (χ2v) is 5.97. The standard InChI is InChI=1S/C16H15NO2/c1-16-11-8-7-10(9-11)13(16)14(18)17(15(16)19)12-5-3-2-4-6-12/h2-8,10-11,13H,9H2,1H3/t10-,11+,13+,16+/m1/s1. The lowest BCUT2D eigenvalue weighted by Crippen LogP contribution is -2.37. The summed E-state index contributed by atoms with van der Waals surface area (Å²) in [5.74, 6) is 0.282. The first-order valence-electron chi connectivity index (χ1n) is 6.76. The molecular formula is C16H15NO2. The van der Waals surface area contributed by atoms with Gasteiger partial charge in [-0.05, 0) is 37.3 Å². The minimum absolute atomic E-state index is 0.0180. The first-order chi connectivity index (χ1) is 9.14. The van der Waals surface area contributed by atoms with Gasteiger partial charge in [-0.1, -0.05) is 30.4 Å². The zero-order valence-corrected chi connectivity index (χ0v) is 10.7. The van der Waals surface area contributed by atoms with Crippen molar-refractivity contribution in [1.29, 1.82) is 0 Å². The molecule has 1 saturated carbocycles. The molecule has 1 aromatic rings. The first-order valence-corrected chi connectivity index (χ1v) is 6.76. The predicted octanol–water partition coefficient (Wildman–Crippen LogP) is 2.39. The lowest BCUT2D eigenvalue weighted by atomic mass is 9.71. The minimum atomic E-state index is -0.521. The maximum Gasteiger partial charge on any atom is 0.241 e. The third-order valence-corrected chi connectivity index (χ3v) is 5.13. The molecule has 4 atom stereocenters. The molecule has 96 valence electrons. The molecular weight excluding hydrogens is 238 g/mol. The van der Waals surface area contributed by atoms with Crippen LogP contribution < -0.4 is 4.90 Å². The SMILES string of the molecule is C[C@@]12C(=O)N(c3ccccc3)C(=O)[C@@H]1[C@@H]1C=C[C@H]2C1. The van der Waals surface area contributed by atoms with Crippen molar-refractivity contribution in [2.24, 2.45) is 23.2 Å². The molecule has 2 aliphatic carbocycles. The zero-order valence-electron chi connectivity index (χ0n) is 10.7. The zero-order chi connectivity index (χ0) is 13.2. The van der Waals surface area contributed by atoms with Gasteiger partial charge in [0.15, 0.2) is 0 Å². The second-order valence-electron chi connectivity index (χ2n) is 5.97. The van der Waals surface area contributed by atoms with Gasteiger partial charge in [0.25, 0.3) is 0 Å². The molecule has 0 unspecified atom stereocenters. The van der Waals surface area contributed by atoms with E-state index >= 15 is 0 Å². The average Bonchev–Trinajstić information content (AvgIpc) is 3.04. The van der Waals surface area contributed by atoms with Crippen molar-refractivity contribution in [3.05, 3.63) is 42.5 Å². The molecule has 1 saturated heterocycles. The molecule has 2 amide bonds. The fourth-order valence-corrected chi connectivity index (χ4v) is 4.13. The molecule has 4 rings (SSSR count). The van der Waals surface area contributed by atoms with E-state index in [-0.39, 0.29) is 29.6 Å². The summed E-state index contributed by atoms with van der Waals surface area (Å²) >= 11 is 0. The summed E-state index contributed by atoms with van der Waals surface area (Å²) in [6, 6.07) is 9.27. The van der Waals surface area contributed by atoms with E-state index in [0.29, 0.717) is 5.69 Å². The van der Waals surface area contributed by atoms with E-state index in [4.69, 9.17) is 0 Å². The smallest absolute Gasteiger partial charge is 0.241 e. The van der Waals surface area contributed by atoms with Gasteiger partial charge in [0, 0.05) is 0 Å². The van der Waals surface area contributed by atoms with Crippen molar-refractivity contribution in [2.45, 2.75) is 13.3 Å². The number of amides is 2. The topological polar surface area (TPSA) is 37.4 Å². The molecule has 19 heavy (non-hydrogen) atoms. The minimum Gasteiger partial charge on any atom is -0.274 e. The average molecular weight is 253 g/mol. The number of nitrogens with zero attached hydrogens (tertiary/aromatic N) is 1. The Balaban J connectivity index is 1.83. The van der Waals surface area contributed by atoms with Gasteiger partial charge in [-0.25, -0.2) is 4.90 Å². The van der Waals surface area contributed by atoms with Gasteiger partial charge in [0.1, 0.15) is 0 Å². The van der Waals surface area contributed by atoms with Crippen LogP contribution >= 0.6 is 0 Å². The number of carbonyl (C=O) groups excluding carboxylic acids is 2. The summed E-state index contributed by atoms with van der Waals surface area (Å²) in [6.07, 6.45) is 5.21. The molecule has 3 nitrogen and oxygen atoms in total. The monoisotopic (exact) mass is 253 g/mol. The molecule has 0 aromatic heterocycles. The van der Waals surface area contributed by atoms with Crippen LogP contribution in [0, 0.1) is 23.2 Å². The van der Waals surface area contributed by atoms with Crippen molar-refractivity contribution in [3.63, 3.8) is 0 Å². The highest BCUT2D eigenvalue weighted by Crippen LogP contribution is 2.60. The number of carbonyl (C=O) groups is 2. The Bertz CT molecular complexity index is 606. The van der Waals surface area contributed by atoms with Gasteiger partial charge >= 0.3 is 0 Å². The van der Waals surface area contributed by atoms with Gasteiger partial charge < -0.3 is 0 Å². The molecule has 2 bridgehead atoms. The van der Waals surface area contributed by atoms with E-state index in [2.05, 4.69) is 12.2 Å². The molecule has 2 fully saturated rings. The summed E-state index contributed by atoms with van der Waals surface area (Å²) in [5, 5.41) is 0. The highest BCUT2D eigenvalue weighted by Gasteiger charge is 2.67. The molecule has 1 heterocycles. The van der Waals surface area contributed by atoms with Gasteiger partial charge in [-0.15, -0.1) is 0 Å². The van der Waals surface area contributed by atoms with Crippen LogP contribution in [-0.4, -0.2) is 11.8 Å². The van der Waals surface area contributed by atoms with Gasteiger partial charge in [0.05, 0.1) is 17.0 Å². The van der Waals surface area contributed by atoms with Crippen LogP contribution in [0.5, 0.6) is 0 Å². The fraction of sp³-hybridized carbons (Fsp3) is 0.375. The number of anilines is 1. The Labute approximate surface area is 111 Å². The molecule has 0 N–H and O–H groups in total. The van der Waals surface area contributed by atoms with E-state index in [0.717, 1.165) is 6.42 Å². The van der Waals surface area contributed by atoms with Gasteiger partial charge in [-0.2, -0.15) is 0 Å². The Kier molecular flexibility index (Phi) is 1.93. The number of para-hydroxylation sites is 1. The summed E-state index contributed by atoms with van der Waals surface area (Å²) in [4.78, 5) is 26.8. The quantitative estimate of drug-likeness (QED) is 0.569. The van der Waals surface area contributed by atoms with Crippen LogP contribution in [0.1, 0.15) is 13.3 Å². The second kappa shape index (κ2) is 3.35. The molecule has 3 heteroatoms. The van der Waals surface area contributed by atoms with Crippen molar-refractivity contribution < 1.29 is 9.59 Å². The highest BCUT2D eigenvalue weighted by atomic mass is 16.2. The van der Waals surface area contributed by atoms with E-state index in [1.807, 2.05) is 37.3 Å². The Morgan fingerprint density at radius 3 is 2.58 bits per heavy atom. The van der Waals surface area contributed by atoms with Crippen LogP contribution in [-0.2, 0) is 9.59 Å². The number of benzene rings is 1. The number of hydrogen-bond donors (Lipinski definition) is 0. The lowest BCUT2D eigenvalue weighted by molar-refractivity contribution is -0.127. The van der Waals surface area contributed by atoms with Crippen molar-refractivity contribution >= 4 is 17.5 Å². The van der Waals surface area contributed by atoms with Crippen LogP contribution in [0.2, 0.25) is 0 Å². The van der Waals surface area contributed by atoms with Crippen LogP contribution in [0.15, 0.2) is 42.5 Å². The van der Waals surface area contributed by atoms with Crippen molar-refractivity contribution in [2.75, 3.05) is 4.90 Å². The third-order valence-electron chi connectivity index (χ3n) is 5.13.